The molecule has 2 aliphatic rings. The summed E-state index contributed by atoms with van der Waals surface area (Å²) in [5, 5.41) is 10.3. The molecule has 2 atom stereocenters. The Hall–Kier alpha value is -2.60. The standard InChI is InChI=1S/C20H22N2O4/c23-17-12-22(11-16(17)9-15-5-7-21-8-6-15)20(24)4-2-14-1-3-18-19(10-14)26-13-25-18/h1,3,5-8,10,16-17,23H,2,4,9,11-13H2/t16-,17-/m1/s1. The first-order chi connectivity index (χ1) is 12.7. The molecular formula is C20H22N2O4. The van der Waals surface area contributed by atoms with Crippen molar-refractivity contribution in [2.75, 3.05) is 19.9 Å². The van der Waals surface area contributed by atoms with Crippen molar-refractivity contribution in [1.29, 1.82) is 0 Å². The number of hydrogen-bond acceptors (Lipinski definition) is 5. The number of likely N-dealkylation sites (tertiary alicyclic amines) is 1. The van der Waals surface area contributed by atoms with Crippen LogP contribution in [0.25, 0.3) is 0 Å². The van der Waals surface area contributed by atoms with E-state index in [0.717, 1.165) is 29.0 Å². The van der Waals surface area contributed by atoms with Crippen molar-refractivity contribution < 1.29 is 19.4 Å². The second-order valence-electron chi connectivity index (χ2n) is 6.87. The van der Waals surface area contributed by atoms with E-state index in [1.165, 1.54) is 0 Å². The van der Waals surface area contributed by atoms with Gasteiger partial charge in [-0.05, 0) is 48.2 Å². The molecule has 0 bridgehead atoms. The van der Waals surface area contributed by atoms with Crippen molar-refractivity contribution in [3.8, 4) is 11.5 Å². The lowest BCUT2D eigenvalue weighted by Gasteiger charge is -2.16. The van der Waals surface area contributed by atoms with Gasteiger partial charge in [-0.15, -0.1) is 0 Å². The number of β-amino-alcohol motifs (C(OH)–C–C–N with tert-alkyl or cyclic N) is 1. The number of benzene rings is 1. The SMILES string of the molecule is O=C(CCc1ccc2c(c1)OCO2)N1C[C@@H](Cc2ccncc2)[C@H](O)C1. The number of fused-ring (bicyclic) bond motifs is 1. The molecule has 0 saturated carbocycles. The van der Waals surface area contributed by atoms with Crippen LogP contribution in [0.4, 0.5) is 0 Å². The Morgan fingerprint density at radius 1 is 1.12 bits per heavy atom. The number of aliphatic hydroxyl groups excluding tert-OH is 1. The molecule has 26 heavy (non-hydrogen) atoms. The topological polar surface area (TPSA) is 71.9 Å². The number of rotatable bonds is 5. The van der Waals surface area contributed by atoms with E-state index in [-0.39, 0.29) is 18.6 Å². The minimum Gasteiger partial charge on any atom is -0.454 e. The first kappa shape index (κ1) is 16.8. The first-order valence-electron chi connectivity index (χ1n) is 8.92. The minimum atomic E-state index is -0.474. The summed E-state index contributed by atoms with van der Waals surface area (Å²) in [5.41, 5.74) is 2.19. The molecule has 1 N–H and O–H groups in total. The third kappa shape index (κ3) is 3.65. The fourth-order valence-electron chi connectivity index (χ4n) is 3.59. The normalized spacial score (nSPS) is 21.2. The lowest BCUT2D eigenvalue weighted by atomic mass is 9.97. The van der Waals surface area contributed by atoms with E-state index in [1.54, 1.807) is 17.3 Å². The van der Waals surface area contributed by atoms with Crippen LogP contribution in [0, 0.1) is 5.92 Å². The summed E-state index contributed by atoms with van der Waals surface area (Å²) in [5.74, 6) is 1.65. The summed E-state index contributed by atoms with van der Waals surface area (Å²) in [7, 11) is 0. The van der Waals surface area contributed by atoms with Crippen LogP contribution in [-0.2, 0) is 17.6 Å². The highest BCUT2D eigenvalue weighted by Gasteiger charge is 2.33. The van der Waals surface area contributed by atoms with Crippen molar-refractivity contribution in [1.82, 2.24) is 9.88 Å². The number of ether oxygens (including phenoxy) is 2. The fraction of sp³-hybridized carbons (Fsp3) is 0.400. The summed E-state index contributed by atoms with van der Waals surface area (Å²) in [6.45, 7) is 1.27. The maximum absolute atomic E-state index is 12.5. The van der Waals surface area contributed by atoms with E-state index in [0.29, 0.717) is 25.9 Å². The van der Waals surface area contributed by atoms with E-state index in [4.69, 9.17) is 9.47 Å². The quantitative estimate of drug-likeness (QED) is 0.887. The Balaban J connectivity index is 1.31. The van der Waals surface area contributed by atoms with Gasteiger partial charge in [-0.3, -0.25) is 9.78 Å². The Labute approximate surface area is 152 Å². The molecular weight excluding hydrogens is 332 g/mol. The molecule has 1 saturated heterocycles. The van der Waals surface area contributed by atoms with Crippen LogP contribution in [0.3, 0.4) is 0 Å². The predicted octanol–water partition coefficient (Wildman–Crippen LogP) is 1.80. The monoisotopic (exact) mass is 354 g/mol. The summed E-state index contributed by atoms with van der Waals surface area (Å²) in [4.78, 5) is 18.3. The lowest BCUT2D eigenvalue weighted by molar-refractivity contribution is -0.130. The zero-order chi connectivity index (χ0) is 17.9. The molecule has 4 rings (SSSR count). The number of nitrogens with zero attached hydrogens (tertiary/aromatic N) is 2. The molecule has 0 aliphatic carbocycles. The number of hydrogen-bond donors (Lipinski definition) is 1. The predicted molar refractivity (Wildman–Crippen MR) is 94.9 cm³/mol. The second-order valence-corrected chi connectivity index (χ2v) is 6.87. The van der Waals surface area contributed by atoms with Crippen LogP contribution in [0.15, 0.2) is 42.7 Å². The molecule has 3 heterocycles. The van der Waals surface area contributed by atoms with Gasteiger partial charge in [-0.1, -0.05) is 6.07 Å². The van der Waals surface area contributed by atoms with Gasteiger partial charge < -0.3 is 19.5 Å². The minimum absolute atomic E-state index is 0.0758. The number of aromatic nitrogens is 1. The molecule has 1 amide bonds. The molecule has 0 spiro atoms. The molecule has 6 nitrogen and oxygen atoms in total. The van der Waals surface area contributed by atoms with Crippen molar-refractivity contribution in [3.05, 3.63) is 53.9 Å². The third-order valence-corrected chi connectivity index (χ3v) is 5.07. The highest BCUT2D eigenvalue weighted by molar-refractivity contribution is 5.77. The number of carbonyl (C=O) groups is 1. The molecule has 1 fully saturated rings. The van der Waals surface area contributed by atoms with E-state index in [2.05, 4.69) is 4.98 Å². The summed E-state index contributed by atoms with van der Waals surface area (Å²) in [6.07, 6.45) is 4.87. The highest BCUT2D eigenvalue weighted by Crippen LogP contribution is 2.33. The summed E-state index contributed by atoms with van der Waals surface area (Å²) < 4.78 is 10.7. The van der Waals surface area contributed by atoms with Crippen molar-refractivity contribution in [2.45, 2.75) is 25.4 Å². The van der Waals surface area contributed by atoms with E-state index < -0.39 is 6.10 Å². The van der Waals surface area contributed by atoms with Crippen LogP contribution in [-0.4, -0.2) is 46.9 Å². The fourth-order valence-corrected chi connectivity index (χ4v) is 3.59. The van der Waals surface area contributed by atoms with Gasteiger partial charge in [-0.25, -0.2) is 0 Å². The number of aryl methyl sites for hydroxylation is 1. The summed E-state index contributed by atoms with van der Waals surface area (Å²) >= 11 is 0. The Bertz CT molecular complexity index is 781. The zero-order valence-corrected chi connectivity index (χ0v) is 14.5. The van der Waals surface area contributed by atoms with Crippen molar-refractivity contribution in [3.63, 3.8) is 0 Å². The maximum atomic E-state index is 12.5. The number of pyridine rings is 1. The van der Waals surface area contributed by atoms with Gasteiger partial charge in [0.15, 0.2) is 11.5 Å². The van der Waals surface area contributed by atoms with Crippen LogP contribution < -0.4 is 9.47 Å². The number of amides is 1. The Kier molecular flexibility index (Phi) is 4.75. The molecule has 2 aromatic rings. The zero-order valence-electron chi connectivity index (χ0n) is 14.5. The van der Waals surface area contributed by atoms with Gasteiger partial charge in [0.2, 0.25) is 12.7 Å². The number of carbonyl (C=O) groups excluding carboxylic acids is 1. The smallest absolute Gasteiger partial charge is 0.231 e. The molecule has 1 aromatic heterocycles. The van der Waals surface area contributed by atoms with Crippen LogP contribution >= 0.6 is 0 Å². The van der Waals surface area contributed by atoms with E-state index >= 15 is 0 Å². The average molecular weight is 354 g/mol. The molecule has 0 unspecified atom stereocenters. The maximum Gasteiger partial charge on any atom is 0.231 e. The number of aliphatic hydroxyl groups is 1. The third-order valence-electron chi connectivity index (χ3n) is 5.07. The van der Waals surface area contributed by atoms with Gasteiger partial charge in [0.1, 0.15) is 0 Å². The van der Waals surface area contributed by atoms with E-state index in [9.17, 15) is 9.90 Å². The van der Waals surface area contributed by atoms with Crippen LogP contribution in [0.5, 0.6) is 11.5 Å². The average Bonchev–Trinajstić information content (AvgIpc) is 3.27. The van der Waals surface area contributed by atoms with Crippen LogP contribution in [0.1, 0.15) is 17.5 Å². The molecule has 2 aliphatic heterocycles. The lowest BCUT2D eigenvalue weighted by Crippen LogP contribution is -2.29. The largest absolute Gasteiger partial charge is 0.454 e. The molecule has 0 radical (unpaired) electrons. The van der Waals surface area contributed by atoms with Gasteiger partial charge in [0.25, 0.3) is 0 Å². The Morgan fingerprint density at radius 2 is 1.92 bits per heavy atom. The van der Waals surface area contributed by atoms with Crippen molar-refractivity contribution in [2.24, 2.45) is 5.92 Å². The van der Waals surface area contributed by atoms with Gasteiger partial charge in [0, 0.05) is 37.8 Å². The first-order valence-corrected chi connectivity index (χ1v) is 8.92. The van der Waals surface area contributed by atoms with E-state index in [1.807, 2.05) is 30.3 Å². The van der Waals surface area contributed by atoms with Gasteiger partial charge in [-0.2, -0.15) is 0 Å². The molecule has 136 valence electrons. The Morgan fingerprint density at radius 3 is 2.77 bits per heavy atom. The van der Waals surface area contributed by atoms with Gasteiger partial charge in [0.05, 0.1) is 6.10 Å². The second kappa shape index (κ2) is 7.33. The van der Waals surface area contributed by atoms with Crippen molar-refractivity contribution >= 4 is 5.91 Å². The summed E-state index contributed by atoms with van der Waals surface area (Å²) in [6, 6.07) is 9.69. The van der Waals surface area contributed by atoms with Gasteiger partial charge >= 0.3 is 0 Å². The van der Waals surface area contributed by atoms with Crippen LogP contribution in [0.2, 0.25) is 0 Å². The molecule has 6 heteroatoms. The molecule has 1 aromatic carbocycles. The highest BCUT2D eigenvalue weighted by atomic mass is 16.7.